The van der Waals surface area contributed by atoms with Crippen molar-refractivity contribution >= 4 is 21.7 Å². The number of halogens is 3. The Morgan fingerprint density at radius 3 is 2.21 bits per heavy atom. The molecule has 0 unspecified atom stereocenters. The molecule has 0 radical (unpaired) electrons. The molecule has 2 nitrogen and oxygen atoms in total. The number of rotatable bonds is 4. The monoisotopic (exact) mass is 326 g/mol. The van der Waals surface area contributed by atoms with Gasteiger partial charge in [-0.1, -0.05) is 34.1 Å². The number of ketones is 1. The summed E-state index contributed by atoms with van der Waals surface area (Å²) >= 11 is 3.25. The second-order valence-corrected chi connectivity index (χ2v) is 4.69. The van der Waals surface area contributed by atoms with E-state index in [1.54, 1.807) is 24.3 Å². The molecule has 0 bridgehead atoms. The van der Waals surface area contributed by atoms with Gasteiger partial charge in [-0.3, -0.25) is 4.79 Å². The number of carbonyl (C=O) groups excluding carboxylic acids is 1. The van der Waals surface area contributed by atoms with Crippen LogP contribution in [0.25, 0.3) is 0 Å². The average molecular weight is 327 g/mol. The molecule has 98 valence electrons. The zero-order valence-corrected chi connectivity index (χ0v) is 11.3. The van der Waals surface area contributed by atoms with Crippen molar-refractivity contribution in [2.45, 2.75) is 0 Å². The molecule has 0 N–H and O–H groups in total. The summed E-state index contributed by atoms with van der Waals surface area (Å²) in [5, 5.41) is 0. The first-order valence-corrected chi connectivity index (χ1v) is 6.23. The van der Waals surface area contributed by atoms with Gasteiger partial charge >= 0.3 is 0 Å². The van der Waals surface area contributed by atoms with Gasteiger partial charge in [-0.2, -0.15) is 0 Å². The maximum absolute atomic E-state index is 13.3. The predicted molar refractivity (Wildman–Crippen MR) is 70.3 cm³/mol. The fraction of sp³-hybridized carbons (Fsp3) is 0.0714. The molecule has 0 aliphatic heterocycles. The molecule has 2 aromatic carbocycles. The van der Waals surface area contributed by atoms with E-state index >= 15 is 0 Å². The van der Waals surface area contributed by atoms with E-state index in [0.29, 0.717) is 5.56 Å². The highest BCUT2D eigenvalue weighted by atomic mass is 79.9. The Hall–Kier alpha value is -1.75. The highest BCUT2D eigenvalue weighted by Gasteiger charge is 2.12. The third-order valence-electron chi connectivity index (χ3n) is 2.43. The van der Waals surface area contributed by atoms with Crippen LogP contribution in [0.15, 0.2) is 46.9 Å². The predicted octanol–water partition coefficient (Wildman–Crippen LogP) is 3.99. The molecule has 0 fully saturated rings. The molecule has 2 aromatic rings. The van der Waals surface area contributed by atoms with Gasteiger partial charge in [0.05, 0.1) is 0 Å². The Kier molecular flexibility index (Phi) is 4.27. The second kappa shape index (κ2) is 5.93. The maximum Gasteiger partial charge on any atom is 0.200 e. The van der Waals surface area contributed by atoms with E-state index in [0.717, 1.165) is 16.6 Å². The summed E-state index contributed by atoms with van der Waals surface area (Å²) in [5.74, 6) is -2.55. The van der Waals surface area contributed by atoms with Crippen LogP contribution < -0.4 is 4.74 Å². The van der Waals surface area contributed by atoms with Gasteiger partial charge in [-0.25, -0.2) is 8.78 Å². The van der Waals surface area contributed by atoms with E-state index in [-0.39, 0.29) is 5.78 Å². The van der Waals surface area contributed by atoms with E-state index in [2.05, 4.69) is 15.9 Å². The van der Waals surface area contributed by atoms with Gasteiger partial charge in [-0.05, 0) is 24.3 Å². The first kappa shape index (κ1) is 13.7. The smallest absolute Gasteiger partial charge is 0.200 e. The summed E-state index contributed by atoms with van der Waals surface area (Å²) in [6, 6.07) is 9.99. The Bertz CT molecular complexity index is 577. The van der Waals surface area contributed by atoms with Crippen molar-refractivity contribution in [1.82, 2.24) is 0 Å². The lowest BCUT2D eigenvalue weighted by atomic mass is 10.1. The van der Waals surface area contributed by atoms with Crippen molar-refractivity contribution in [3.8, 4) is 5.75 Å². The van der Waals surface area contributed by atoms with Gasteiger partial charge in [0.2, 0.25) is 0 Å². The normalized spacial score (nSPS) is 10.3. The molecule has 19 heavy (non-hydrogen) atoms. The van der Waals surface area contributed by atoms with Crippen LogP contribution in [0.4, 0.5) is 8.78 Å². The van der Waals surface area contributed by atoms with Crippen molar-refractivity contribution in [3.63, 3.8) is 0 Å². The topological polar surface area (TPSA) is 26.3 Å². The lowest BCUT2D eigenvalue weighted by Crippen LogP contribution is -2.12. The first-order chi connectivity index (χ1) is 9.08. The Morgan fingerprint density at radius 1 is 1.05 bits per heavy atom. The number of carbonyl (C=O) groups is 1. The van der Waals surface area contributed by atoms with E-state index < -0.39 is 24.0 Å². The number of benzene rings is 2. The molecule has 0 spiro atoms. The van der Waals surface area contributed by atoms with Crippen molar-refractivity contribution in [2.75, 3.05) is 6.61 Å². The third kappa shape index (κ3) is 3.38. The van der Waals surface area contributed by atoms with Gasteiger partial charge in [0, 0.05) is 10.0 Å². The van der Waals surface area contributed by atoms with Gasteiger partial charge < -0.3 is 4.74 Å². The zero-order valence-electron chi connectivity index (χ0n) is 9.70. The van der Waals surface area contributed by atoms with Crippen LogP contribution in [-0.2, 0) is 0 Å². The van der Waals surface area contributed by atoms with Crippen LogP contribution in [0.1, 0.15) is 10.4 Å². The molecule has 5 heteroatoms. The van der Waals surface area contributed by atoms with Crippen molar-refractivity contribution in [2.24, 2.45) is 0 Å². The number of hydrogen-bond acceptors (Lipinski definition) is 2. The van der Waals surface area contributed by atoms with Gasteiger partial charge in [0.15, 0.2) is 29.8 Å². The fourth-order valence-corrected chi connectivity index (χ4v) is 1.74. The van der Waals surface area contributed by atoms with E-state index in [9.17, 15) is 13.6 Å². The summed E-state index contributed by atoms with van der Waals surface area (Å²) in [6.07, 6.45) is 0. The molecule has 0 saturated heterocycles. The molecule has 0 amide bonds. The van der Waals surface area contributed by atoms with Crippen LogP contribution in [0.5, 0.6) is 5.75 Å². The minimum Gasteiger partial charge on any atom is -0.479 e. The highest BCUT2D eigenvalue weighted by molar-refractivity contribution is 9.10. The minimum atomic E-state index is -0.830. The van der Waals surface area contributed by atoms with Gasteiger partial charge in [0.1, 0.15) is 0 Å². The standard InChI is InChI=1S/C14H9BrF2O2/c15-10-6-4-9(5-7-10)13(18)8-19-14-11(16)2-1-3-12(14)17/h1-7H,8H2. The Balaban J connectivity index is 2.06. The maximum atomic E-state index is 13.3. The quantitative estimate of drug-likeness (QED) is 0.794. The van der Waals surface area contributed by atoms with E-state index in [1.165, 1.54) is 6.07 Å². The average Bonchev–Trinajstić information content (AvgIpc) is 2.38. The molecule has 0 aromatic heterocycles. The molecule has 0 aliphatic carbocycles. The van der Waals surface area contributed by atoms with E-state index in [4.69, 9.17) is 4.74 Å². The molecule has 0 atom stereocenters. The summed E-state index contributed by atoms with van der Waals surface area (Å²) in [4.78, 5) is 11.8. The molecule has 2 rings (SSSR count). The lowest BCUT2D eigenvalue weighted by Gasteiger charge is -2.07. The van der Waals surface area contributed by atoms with Crippen LogP contribution >= 0.6 is 15.9 Å². The zero-order chi connectivity index (χ0) is 13.8. The minimum absolute atomic E-state index is 0.352. The summed E-state index contributed by atoms with van der Waals surface area (Å²) in [6.45, 7) is -0.417. The molecule has 0 heterocycles. The van der Waals surface area contributed by atoms with Crippen molar-refractivity contribution < 1.29 is 18.3 Å². The second-order valence-electron chi connectivity index (χ2n) is 3.77. The van der Waals surface area contributed by atoms with Crippen LogP contribution in [-0.4, -0.2) is 12.4 Å². The summed E-state index contributed by atoms with van der Waals surface area (Å²) in [5.41, 5.74) is 0.417. The number of Topliss-reactive ketones (excluding diaryl/α,β-unsaturated/α-hetero) is 1. The SMILES string of the molecule is O=C(COc1c(F)cccc1F)c1ccc(Br)cc1. The van der Waals surface area contributed by atoms with Crippen LogP contribution in [0.3, 0.4) is 0 Å². The van der Waals surface area contributed by atoms with Crippen molar-refractivity contribution in [3.05, 3.63) is 64.1 Å². The third-order valence-corrected chi connectivity index (χ3v) is 2.96. The van der Waals surface area contributed by atoms with Crippen LogP contribution in [0, 0.1) is 11.6 Å². The van der Waals surface area contributed by atoms with Gasteiger partial charge in [-0.15, -0.1) is 0 Å². The van der Waals surface area contributed by atoms with E-state index in [1.807, 2.05) is 0 Å². The first-order valence-electron chi connectivity index (χ1n) is 5.43. The number of para-hydroxylation sites is 1. The molecular formula is C14H9BrF2O2. The summed E-state index contributed by atoms with van der Waals surface area (Å²) < 4.78 is 32.3. The molecular weight excluding hydrogens is 318 g/mol. The lowest BCUT2D eigenvalue weighted by molar-refractivity contribution is 0.0915. The van der Waals surface area contributed by atoms with Gasteiger partial charge in [0.25, 0.3) is 0 Å². The Morgan fingerprint density at radius 2 is 1.63 bits per heavy atom. The highest BCUT2D eigenvalue weighted by Crippen LogP contribution is 2.21. The molecule has 0 aliphatic rings. The van der Waals surface area contributed by atoms with Crippen LogP contribution in [0.2, 0.25) is 0 Å². The van der Waals surface area contributed by atoms with Crippen molar-refractivity contribution in [1.29, 1.82) is 0 Å². The molecule has 0 saturated carbocycles. The fourth-order valence-electron chi connectivity index (χ4n) is 1.48. The largest absolute Gasteiger partial charge is 0.479 e. The number of hydrogen-bond donors (Lipinski definition) is 0. The number of ether oxygens (including phenoxy) is 1. The summed E-state index contributed by atoms with van der Waals surface area (Å²) in [7, 11) is 0. The Labute approximate surface area is 117 Å².